The van der Waals surface area contributed by atoms with Gasteiger partial charge in [-0.05, 0) is 50.2 Å². The van der Waals surface area contributed by atoms with Crippen LogP contribution in [0.1, 0.15) is 30.7 Å². The number of amides is 1. The Labute approximate surface area is 131 Å². The maximum Gasteiger partial charge on any atom is 0.234 e. The summed E-state index contributed by atoms with van der Waals surface area (Å²) in [6.07, 6.45) is 2.34. The van der Waals surface area contributed by atoms with E-state index in [1.54, 1.807) is 11.3 Å². The van der Waals surface area contributed by atoms with Gasteiger partial charge in [0.2, 0.25) is 5.91 Å². The summed E-state index contributed by atoms with van der Waals surface area (Å²) in [4.78, 5) is 15.5. The van der Waals surface area contributed by atoms with Gasteiger partial charge in [-0.15, -0.1) is 23.7 Å². The largest absolute Gasteiger partial charge is 0.348 e. The molecule has 3 N–H and O–H groups in total. The van der Waals surface area contributed by atoms with Crippen LogP contribution >= 0.6 is 23.7 Å². The minimum absolute atomic E-state index is 0. The smallest absolute Gasteiger partial charge is 0.234 e. The molecule has 1 amide bonds. The van der Waals surface area contributed by atoms with Gasteiger partial charge in [-0.2, -0.15) is 0 Å². The fourth-order valence-corrected chi connectivity index (χ4v) is 3.32. The maximum absolute atomic E-state index is 12.0. The van der Waals surface area contributed by atoms with Crippen molar-refractivity contribution >= 4 is 29.7 Å². The minimum atomic E-state index is 0. The van der Waals surface area contributed by atoms with Crippen LogP contribution in [0.25, 0.3) is 0 Å². The predicted octanol–water partition coefficient (Wildman–Crippen LogP) is 2.02. The van der Waals surface area contributed by atoms with E-state index in [0.29, 0.717) is 12.5 Å². The summed E-state index contributed by atoms with van der Waals surface area (Å²) in [7, 11) is 0. The van der Waals surface area contributed by atoms with Gasteiger partial charge in [0, 0.05) is 11.4 Å². The van der Waals surface area contributed by atoms with Crippen LogP contribution < -0.4 is 11.1 Å². The molecule has 0 aliphatic carbocycles. The van der Waals surface area contributed by atoms with E-state index in [4.69, 9.17) is 5.73 Å². The molecule has 2 heterocycles. The molecule has 0 radical (unpaired) electrons. The third kappa shape index (κ3) is 5.05. The number of rotatable bonds is 5. The molecule has 0 saturated carbocycles. The number of nitrogens with two attached hydrogens (primary N) is 1. The molecule has 6 heteroatoms. The molecule has 2 unspecified atom stereocenters. The highest BCUT2D eigenvalue weighted by Crippen LogP contribution is 2.18. The zero-order chi connectivity index (χ0) is 13.7. The van der Waals surface area contributed by atoms with Crippen molar-refractivity contribution in [3.63, 3.8) is 0 Å². The first-order chi connectivity index (χ1) is 9.19. The van der Waals surface area contributed by atoms with Crippen LogP contribution in [0, 0.1) is 5.92 Å². The second-order valence-electron chi connectivity index (χ2n) is 5.28. The number of hydrogen-bond acceptors (Lipinski definition) is 4. The highest BCUT2D eigenvalue weighted by molar-refractivity contribution is 7.10. The van der Waals surface area contributed by atoms with Gasteiger partial charge in [-0.3, -0.25) is 9.69 Å². The van der Waals surface area contributed by atoms with Gasteiger partial charge in [0.1, 0.15) is 0 Å². The molecule has 0 spiro atoms. The normalized spacial score (nSPS) is 21.0. The molecule has 1 saturated heterocycles. The van der Waals surface area contributed by atoms with E-state index in [-0.39, 0.29) is 24.4 Å². The number of thiophene rings is 1. The summed E-state index contributed by atoms with van der Waals surface area (Å²) in [5.41, 5.74) is 5.72. The Hall–Kier alpha value is -0.620. The summed E-state index contributed by atoms with van der Waals surface area (Å²) < 4.78 is 0. The third-order valence-corrected chi connectivity index (χ3v) is 4.71. The second-order valence-corrected chi connectivity index (χ2v) is 6.26. The van der Waals surface area contributed by atoms with Crippen molar-refractivity contribution in [2.45, 2.75) is 25.8 Å². The van der Waals surface area contributed by atoms with Crippen LogP contribution in [0.3, 0.4) is 0 Å². The van der Waals surface area contributed by atoms with E-state index in [2.05, 4.69) is 16.3 Å². The van der Waals surface area contributed by atoms with Crippen molar-refractivity contribution in [3.8, 4) is 0 Å². The predicted molar refractivity (Wildman–Crippen MR) is 86.3 cm³/mol. The first kappa shape index (κ1) is 17.4. The lowest BCUT2D eigenvalue weighted by Gasteiger charge is -2.31. The number of hydrogen-bond donors (Lipinski definition) is 2. The van der Waals surface area contributed by atoms with Crippen molar-refractivity contribution in [2.24, 2.45) is 11.7 Å². The lowest BCUT2D eigenvalue weighted by Crippen LogP contribution is -2.44. The number of likely N-dealkylation sites (tertiary alicyclic amines) is 1. The van der Waals surface area contributed by atoms with Gasteiger partial charge in [0.05, 0.1) is 12.6 Å². The average molecular weight is 318 g/mol. The van der Waals surface area contributed by atoms with Gasteiger partial charge in [-0.25, -0.2) is 0 Å². The Bertz CT molecular complexity index is 399. The van der Waals surface area contributed by atoms with E-state index < -0.39 is 0 Å². The number of halogens is 1. The van der Waals surface area contributed by atoms with Crippen LogP contribution in [0.4, 0.5) is 0 Å². The van der Waals surface area contributed by atoms with Crippen molar-refractivity contribution in [3.05, 3.63) is 22.4 Å². The molecule has 1 aromatic heterocycles. The van der Waals surface area contributed by atoms with Crippen LogP contribution in [-0.4, -0.2) is 37.0 Å². The highest BCUT2D eigenvalue weighted by atomic mass is 35.5. The summed E-state index contributed by atoms with van der Waals surface area (Å²) in [5.74, 6) is 0.662. The summed E-state index contributed by atoms with van der Waals surface area (Å²) in [6.45, 7) is 5.22. The number of piperidine rings is 1. The number of carbonyl (C=O) groups excluding carboxylic acids is 1. The SMILES string of the molecule is CC(NC(=O)CN1CCCC(CN)C1)c1cccs1.Cl. The highest BCUT2D eigenvalue weighted by Gasteiger charge is 2.21. The van der Waals surface area contributed by atoms with Crippen LogP contribution in [-0.2, 0) is 4.79 Å². The Balaban J connectivity index is 0.00000200. The monoisotopic (exact) mass is 317 g/mol. The first-order valence-electron chi connectivity index (χ1n) is 6.94. The van der Waals surface area contributed by atoms with Crippen molar-refractivity contribution < 1.29 is 4.79 Å². The maximum atomic E-state index is 12.0. The molecule has 2 rings (SSSR count). The molecule has 1 fully saturated rings. The van der Waals surface area contributed by atoms with E-state index in [1.807, 2.05) is 18.4 Å². The Morgan fingerprint density at radius 2 is 2.45 bits per heavy atom. The molecular weight excluding hydrogens is 294 g/mol. The summed E-state index contributed by atoms with van der Waals surface area (Å²) in [5, 5.41) is 5.10. The Morgan fingerprint density at radius 3 is 3.10 bits per heavy atom. The van der Waals surface area contributed by atoms with Crippen molar-refractivity contribution in [1.29, 1.82) is 0 Å². The summed E-state index contributed by atoms with van der Waals surface area (Å²) >= 11 is 1.68. The number of nitrogens with one attached hydrogen (secondary N) is 1. The topological polar surface area (TPSA) is 58.4 Å². The molecular formula is C14H24ClN3OS. The van der Waals surface area contributed by atoms with Crippen LogP contribution in [0.2, 0.25) is 0 Å². The van der Waals surface area contributed by atoms with Crippen LogP contribution in [0.5, 0.6) is 0 Å². The average Bonchev–Trinajstić information content (AvgIpc) is 2.92. The minimum Gasteiger partial charge on any atom is -0.348 e. The molecule has 114 valence electrons. The van der Waals surface area contributed by atoms with Gasteiger partial charge in [0.25, 0.3) is 0 Å². The molecule has 0 aromatic carbocycles. The number of carbonyl (C=O) groups is 1. The molecule has 1 aliphatic rings. The van der Waals surface area contributed by atoms with Gasteiger partial charge >= 0.3 is 0 Å². The molecule has 1 aromatic rings. The van der Waals surface area contributed by atoms with E-state index in [1.165, 1.54) is 11.3 Å². The van der Waals surface area contributed by atoms with Gasteiger partial charge in [0.15, 0.2) is 0 Å². The van der Waals surface area contributed by atoms with E-state index in [9.17, 15) is 4.79 Å². The van der Waals surface area contributed by atoms with E-state index >= 15 is 0 Å². The molecule has 2 atom stereocenters. The Kier molecular flexibility index (Phi) is 7.51. The number of nitrogens with zero attached hydrogens (tertiary/aromatic N) is 1. The van der Waals surface area contributed by atoms with Gasteiger partial charge in [-0.1, -0.05) is 6.07 Å². The van der Waals surface area contributed by atoms with E-state index in [0.717, 1.165) is 26.1 Å². The summed E-state index contributed by atoms with van der Waals surface area (Å²) in [6, 6.07) is 4.17. The zero-order valence-electron chi connectivity index (χ0n) is 11.9. The fraction of sp³-hybridized carbons (Fsp3) is 0.643. The second kappa shape index (κ2) is 8.62. The van der Waals surface area contributed by atoms with Gasteiger partial charge < -0.3 is 11.1 Å². The standard InChI is InChI=1S/C14H23N3OS.ClH/c1-11(13-5-3-7-19-13)16-14(18)10-17-6-2-4-12(8-15)9-17;/h3,5,7,11-12H,2,4,6,8-10,15H2,1H3,(H,16,18);1H. The van der Waals surface area contributed by atoms with Crippen molar-refractivity contribution in [1.82, 2.24) is 10.2 Å². The molecule has 20 heavy (non-hydrogen) atoms. The fourth-order valence-electron chi connectivity index (χ4n) is 2.59. The lowest BCUT2D eigenvalue weighted by atomic mass is 9.98. The van der Waals surface area contributed by atoms with Crippen LogP contribution in [0.15, 0.2) is 17.5 Å². The Morgan fingerprint density at radius 1 is 1.65 bits per heavy atom. The quantitative estimate of drug-likeness (QED) is 0.873. The van der Waals surface area contributed by atoms with Crippen molar-refractivity contribution in [2.75, 3.05) is 26.2 Å². The molecule has 4 nitrogen and oxygen atoms in total. The zero-order valence-corrected chi connectivity index (χ0v) is 13.5. The molecule has 0 bridgehead atoms. The first-order valence-corrected chi connectivity index (χ1v) is 7.82. The third-order valence-electron chi connectivity index (χ3n) is 3.65. The lowest BCUT2D eigenvalue weighted by molar-refractivity contribution is -0.123. The molecule has 1 aliphatic heterocycles.